The fraction of sp³-hybridized carbons (Fsp3) is 0.645. The van der Waals surface area contributed by atoms with Crippen molar-refractivity contribution in [3.8, 4) is 5.75 Å². The lowest BCUT2D eigenvalue weighted by Gasteiger charge is -2.32. The highest BCUT2D eigenvalue weighted by Crippen LogP contribution is 2.34. The fourth-order valence-electron chi connectivity index (χ4n) is 5.29. The van der Waals surface area contributed by atoms with Crippen molar-refractivity contribution in [3.63, 3.8) is 0 Å². The van der Waals surface area contributed by atoms with Gasteiger partial charge in [-0.2, -0.15) is 0 Å². The van der Waals surface area contributed by atoms with Gasteiger partial charge in [-0.15, -0.1) is 0 Å². The summed E-state index contributed by atoms with van der Waals surface area (Å²) in [4.78, 5) is 65.0. The number of nitrogens with zero attached hydrogens (tertiary/aromatic N) is 2. The smallest absolute Gasteiger partial charge is 0.407 e. The third-order valence-corrected chi connectivity index (χ3v) is 7.47. The maximum Gasteiger partial charge on any atom is 0.407 e. The van der Waals surface area contributed by atoms with E-state index in [1.165, 1.54) is 0 Å². The first-order chi connectivity index (χ1) is 21.5. The van der Waals surface area contributed by atoms with Crippen LogP contribution in [0.1, 0.15) is 67.2 Å². The zero-order chi connectivity index (χ0) is 32.4. The molecule has 248 valence electrons. The Labute approximate surface area is 263 Å². The van der Waals surface area contributed by atoms with E-state index in [1.807, 2.05) is 0 Å². The number of fused-ring (bicyclic) bond motifs is 1. The van der Waals surface area contributed by atoms with Gasteiger partial charge in [-0.25, -0.2) is 4.79 Å². The molecular formula is C31H44N4O10. The highest BCUT2D eigenvalue weighted by molar-refractivity contribution is 6.24. The molecule has 14 heteroatoms. The Hall–Kier alpha value is -3.59. The van der Waals surface area contributed by atoms with Gasteiger partial charge in [0.15, 0.2) is 0 Å². The Morgan fingerprint density at radius 3 is 2.24 bits per heavy atom. The number of carbonyl (C=O) groups is 5. The normalized spacial score (nSPS) is 19.4. The van der Waals surface area contributed by atoms with Crippen LogP contribution < -0.4 is 15.4 Å². The number of likely N-dealkylation sites (tertiary alicyclic amines) is 1. The van der Waals surface area contributed by atoms with Crippen molar-refractivity contribution >= 4 is 29.7 Å². The van der Waals surface area contributed by atoms with Gasteiger partial charge < -0.3 is 33.9 Å². The molecule has 3 aliphatic rings. The number of nitrogens with one attached hydrogen (secondary N) is 2. The van der Waals surface area contributed by atoms with E-state index in [0.717, 1.165) is 37.4 Å². The lowest BCUT2D eigenvalue weighted by molar-refractivity contribution is -0.136. The number of benzene rings is 1. The standard InChI is InChI=1S/C31H44N4O10/c1-31(2,3)45-30(40)32-11-15-41-17-19-43-20-18-42-16-14-34-12-9-21(10-13-34)44-24-6-4-5-22-26(24)29(39)35(28(22)38)23-7-8-25(36)33-27(23)37/h4-6,21,23H,7-20H2,1-3H3,(H,32,40)(H,33,36,37). The summed E-state index contributed by atoms with van der Waals surface area (Å²) in [5, 5.41) is 4.84. The Bertz CT molecular complexity index is 1230. The Balaban J connectivity index is 1.06. The molecule has 0 aromatic heterocycles. The van der Waals surface area contributed by atoms with Crippen LogP contribution in [0.4, 0.5) is 4.79 Å². The molecule has 2 saturated heterocycles. The summed E-state index contributed by atoms with van der Waals surface area (Å²) < 4.78 is 28.0. The van der Waals surface area contributed by atoms with Crippen LogP contribution in [0.3, 0.4) is 0 Å². The molecule has 2 N–H and O–H groups in total. The van der Waals surface area contributed by atoms with Crippen LogP contribution in [0.5, 0.6) is 5.75 Å². The van der Waals surface area contributed by atoms with E-state index in [2.05, 4.69) is 15.5 Å². The molecule has 0 spiro atoms. The topological polar surface area (TPSA) is 162 Å². The maximum atomic E-state index is 13.3. The van der Waals surface area contributed by atoms with Crippen molar-refractivity contribution in [2.75, 3.05) is 65.8 Å². The van der Waals surface area contributed by atoms with E-state index in [1.54, 1.807) is 39.0 Å². The number of rotatable bonds is 15. The number of alkyl carbamates (subject to hydrolysis) is 1. The van der Waals surface area contributed by atoms with E-state index in [-0.39, 0.29) is 30.1 Å². The van der Waals surface area contributed by atoms with Gasteiger partial charge in [0.1, 0.15) is 23.5 Å². The Morgan fingerprint density at radius 2 is 1.58 bits per heavy atom. The second-order valence-corrected chi connectivity index (χ2v) is 12.1. The molecular weight excluding hydrogens is 588 g/mol. The molecule has 1 aromatic carbocycles. The van der Waals surface area contributed by atoms with Gasteiger partial charge in [0.25, 0.3) is 11.8 Å². The molecule has 0 bridgehead atoms. The van der Waals surface area contributed by atoms with Crippen LogP contribution in [0.15, 0.2) is 18.2 Å². The van der Waals surface area contributed by atoms with Crippen LogP contribution in [0.2, 0.25) is 0 Å². The summed E-state index contributed by atoms with van der Waals surface area (Å²) in [6.07, 6.45) is 1.08. The van der Waals surface area contributed by atoms with Gasteiger partial charge >= 0.3 is 6.09 Å². The summed E-state index contributed by atoms with van der Waals surface area (Å²) in [7, 11) is 0. The molecule has 14 nitrogen and oxygen atoms in total. The predicted molar refractivity (Wildman–Crippen MR) is 160 cm³/mol. The first-order valence-electron chi connectivity index (χ1n) is 15.5. The number of hydrogen-bond acceptors (Lipinski definition) is 11. The molecule has 1 aromatic rings. The lowest BCUT2D eigenvalue weighted by atomic mass is 10.0. The molecule has 2 fully saturated rings. The van der Waals surface area contributed by atoms with E-state index in [0.29, 0.717) is 51.9 Å². The van der Waals surface area contributed by atoms with Gasteiger partial charge in [-0.1, -0.05) is 6.07 Å². The third-order valence-electron chi connectivity index (χ3n) is 7.47. The first-order valence-corrected chi connectivity index (χ1v) is 15.5. The molecule has 1 unspecified atom stereocenters. The summed E-state index contributed by atoms with van der Waals surface area (Å²) in [5.41, 5.74) is -0.148. The van der Waals surface area contributed by atoms with E-state index < -0.39 is 41.4 Å². The number of imide groups is 2. The summed E-state index contributed by atoms with van der Waals surface area (Å²) in [6.45, 7) is 10.9. The van der Waals surface area contributed by atoms with Crippen LogP contribution in [-0.4, -0.2) is 123 Å². The van der Waals surface area contributed by atoms with Crippen molar-refractivity contribution in [1.29, 1.82) is 0 Å². The summed E-state index contributed by atoms with van der Waals surface area (Å²) >= 11 is 0. The van der Waals surface area contributed by atoms with Crippen molar-refractivity contribution in [2.45, 2.75) is 64.2 Å². The number of piperidine rings is 2. The lowest BCUT2D eigenvalue weighted by Crippen LogP contribution is -2.54. The zero-order valence-electron chi connectivity index (χ0n) is 26.3. The minimum Gasteiger partial charge on any atom is -0.489 e. The molecule has 45 heavy (non-hydrogen) atoms. The minimum atomic E-state index is -1.01. The van der Waals surface area contributed by atoms with E-state index >= 15 is 0 Å². The molecule has 3 aliphatic heterocycles. The quantitative estimate of drug-likeness (QED) is 0.213. The maximum absolute atomic E-state index is 13.3. The van der Waals surface area contributed by atoms with Gasteiger partial charge in [-0.05, 0) is 52.2 Å². The average molecular weight is 633 g/mol. The number of hydrogen-bond donors (Lipinski definition) is 2. The van der Waals surface area contributed by atoms with Crippen molar-refractivity contribution in [2.24, 2.45) is 0 Å². The van der Waals surface area contributed by atoms with Crippen LogP contribution in [-0.2, 0) is 28.5 Å². The zero-order valence-corrected chi connectivity index (χ0v) is 26.3. The van der Waals surface area contributed by atoms with Gasteiger partial charge in [0.05, 0.1) is 50.8 Å². The second kappa shape index (κ2) is 16.1. The fourth-order valence-corrected chi connectivity index (χ4v) is 5.29. The molecule has 5 amide bonds. The molecule has 1 atom stereocenters. The molecule has 4 rings (SSSR count). The highest BCUT2D eigenvalue weighted by Gasteiger charge is 2.46. The monoisotopic (exact) mass is 632 g/mol. The second-order valence-electron chi connectivity index (χ2n) is 12.1. The van der Waals surface area contributed by atoms with Crippen molar-refractivity contribution in [3.05, 3.63) is 29.3 Å². The number of carbonyl (C=O) groups excluding carboxylic acids is 5. The minimum absolute atomic E-state index is 0.0687. The Morgan fingerprint density at radius 1 is 0.911 bits per heavy atom. The first kappa shape index (κ1) is 34.3. The van der Waals surface area contributed by atoms with Crippen LogP contribution in [0.25, 0.3) is 0 Å². The molecule has 0 radical (unpaired) electrons. The molecule has 3 heterocycles. The molecule has 0 saturated carbocycles. The van der Waals surface area contributed by atoms with Crippen LogP contribution >= 0.6 is 0 Å². The molecule has 0 aliphatic carbocycles. The van der Waals surface area contributed by atoms with Gasteiger partial charge in [0.2, 0.25) is 11.8 Å². The van der Waals surface area contributed by atoms with E-state index in [9.17, 15) is 24.0 Å². The van der Waals surface area contributed by atoms with Gasteiger partial charge in [-0.3, -0.25) is 29.4 Å². The largest absolute Gasteiger partial charge is 0.489 e. The third kappa shape index (κ3) is 9.95. The predicted octanol–water partition coefficient (Wildman–Crippen LogP) is 1.51. The van der Waals surface area contributed by atoms with Crippen molar-refractivity contribution < 1.29 is 47.7 Å². The number of amides is 5. The van der Waals surface area contributed by atoms with E-state index in [4.69, 9.17) is 23.7 Å². The van der Waals surface area contributed by atoms with Gasteiger partial charge in [0, 0.05) is 32.6 Å². The number of ether oxygens (including phenoxy) is 5. The SMILES string of the molecule is CC(C)(C)OC(=O)NCCOCCOCCOCCN1CCC(Oc2cccc3c2C(=O)N(C2CCC(=O)NC2=O)C3=O)CC1. The highest BCUT2D eigenvalue weighted by atomic mass is 16.6. The Kier molecular flexibility index (Phi) is 12.3. The van der Waals surface area contributed by atoms with Crippen LogP contribution in [0, 0.1) is 0 Å². The average Bonchev–Trinajstić information content (AvgIpc) is 3.23. The summed E-state index contributed by atoms with van der Waals surface area (Å²) in [5.74, 6) is -1.83. The summed E-state index contributed by atoms with van der Waals surface area (Å²) in [6, 6.07) is 3.89. The van der Waals surface area contributed by atoms with Crippen molar-refractivity contribution in [1.82, 2.24) is 20.4 Å².